The van der Waals surface area contributed by atoms with Crippen LogP contribution in [0.15, 0.2) is 30.5 Å². The van der Waals surface area contributed by atoms with E-state index in [0.29, 0.717) is 0 Å². The maximum absolute atomic E-state index is 10.6. The van der Waals surface area contributed by atoms with E-state index < -0.39 is 4.92 Å². The second kappa shape index (κ2) is 4.40. The number of hydrogen-bond donors (Lipinski definition) is 0. The summed E-state index contributed by atoms with van der Waals surface area (Å²) in [7, 11) is 0. The van der Waals surface area contributed by atoms with E-state index in [1.54, 1.807) is 23.5 Å². The van der Waals surface area contributed by atoms with Gasteiger partial charge in [-0.05, 0) is 6.42 Å². The van der Waals surface area contributed by atoms with Gasteiger partial charge in [-0.1, -0.05) is 19.1 Å². The van der Waals surface area contributed by atoms with Gasteiger partial charge in [0.05, 0.1) is 4.92 Å². The third kappa shape index (κ3) is 2.09. The highest BCUT2D eigenvalue weighted by Gasteiger charge is 2.09. The number of hydrogen-bond acceptors (Lipinski definition) is 4. The fraction of sp³-hybridized carbons (Fsp3) is 0.182. The van der Waals surface area contributed by atoms with Crippen LogP contribution in [-0.2, 0) is 6.42 Å². The van der Waals surface area contributed by atoms with Crippen molar-refractivity contribution in [1.82, 2.24) is 4.98 Å². The Hall–Kier alpha value is -1.75. The normalized spacial score (nSPS) is 10.3. The first-order valence-electron chi connectivity index (χ1n) is 4.90. The van der Waals surface area contributed by atoms with Crippen molar-refractivity contribution in [2.24, 2.45) is 0 Å². The molecule has 0 bridgehead atoms. The highest BCUT2D eigenvalue weighted by atomic mass is 32.1. The van der Waals surface area contributed by atoms with Crippen LogP contribution in [0, 0.1) is 10.1 Å². The van der Waals surface area contributed by atoms with Gasteiger partial charge in [-0.2, -0.15) is 0 Å². The third-order valence-corrected chi connectivity index (χ3v) is 3.40. The molecule has 4 nitrogen and oxygen atoms in total. The van der Waals surface area contributed by atoms with Gasteiger partial charge < -0.3 is 0 Å². The smallest absolute Gasteiger partial charge is 0.258 e. The van der Waals surface area contributed by atoms with Crippen molar-refractivity contribution in [3.8, 4) is 10.6 Å². The predicted octanol–water partition coefficient (Wildman–Crippen LogP) is 3.28. The fourth-order valence-corrected chi connectivity index (χ4v) is 2.21. The summed E-state index contributed by atoms with van der Waals surface area (Å²) in [5.41, 5.74) is 0.907. The summed E-state index contributed by atoms with van der Waals surface area (Å²) in [5.74, 6) is 0. The van der Waals surface area contributed by atoms with E-state index in [1.807, 2.05) is 12.3 Å². The Bertz CT molecular complexity index is 522. The fourth-order valence-electron chi connectivity index (χ4n) is 1.36. The lowest BCUT2D eigenvalue weighted by Crippen LogP contribution is -1.87. The zero-order valence-corrected chi connectivity index (χ0v) is 9.53. The molecule has 1 aromatic heterocycles. The van der Waals surface area contributed by atoms with Crippen molar-refractivity contribution in [3.63, 3.8) is 0 Å². The monoisotopic (exact) mass is 234 g/mol. The number of nitro groups is 1. The molecular weight excluding hydrogens is 224 g/mol. The molecule has 0 aliphatic rings. The molecule has 0 aliphatic heterocycles. The average molecular weight is 234 g/mol. The van der Waals surface area contributed by atoms with Crippen LogP contribution < -0.4 is 0 Å². The van der Waals surface area contributed by atoms with Gasteiger partial charge in [0.1, 0.15) is 5.01 Å². The summed E-state index contributed by atoms with van der Waals surface area (Å²) in [6.45, 7) is 2.06. The van der Waals surface area contributed by atoms with Crippen LogP contribution in [0.25, 0.3) is 10.6 Å². The summed E-state index contributed by atoms with van der Waals surface area (Å²) in [4.78, 5) is 15.7. The zero-order chi connectivity index (χ0) is 11.5. The van der Waals surface area contributed by atoms with Gasteiger partial charge in [-0.3, -0.25) is 10.1 Å². The first-order chi connectivity index (χ1) is 7.70. The first kappa shape index (κ1) is 10.8. The molecule has 1 aromatic carbocycles. The van der Waals surface area contributed by atoms with Gasteiger partial charge in [0, 0.05) is 28.8 Å². The molecule has 2 rings (SSSR count). The van der Waals surface area contributed by atoms with Crippen LogP contribution in [0.2, 0.25) is 0 Å². The number of rotatable bonds is 3. The standard InChI is InChI=1S/C11H10N2O2S/c1-2-10-7-12-11(16-10)8-4-3-5-9(6-8)13(14)15/h3-7H,2H2,1H3. The van der Waals surface area contributed by atoms with E-state index in [4.69, 9.17) is 0 Å². The van der Waals surface area contributed by atoms with Gasteiger partial charge in [-0.15, -0.1) is 11.3 Å². The topological polar surface area (TPSA) is 56.0 Å². The van der Waals surface area contributed by atoms with Crippen LogP contribution in [0.1, 0.15) is 11.8 Å². The van der Waals surface area contributed by atoms with Crippen LogP contribution >= 0.6 is 11.3 Å². The lowest BCUT2D eigenvalue weighted by atomic mass is 10.2. The second-order valence-corrected chi connectivity index (χ2v) is 4.41. The van der Waals surface area contributed by atoms with E-state index in [0.717, 1.165) is 17.0 Å². The number of thiazole rings is 1. The molecule has 0 spiro atoms. The van der Waals surface area contributed by atoms with E-state index >= 15 is 0 Å². The zero-order valence-electron chi connectivity index (χ0n) is 8.71. The van der Waals surface area contributed by atoms with Crippen molar-refractivity contribution >= 4 is 17.0 Å². The largest absolute Gasteiger partial charge is 0.270 e. The Kier molecular flexibility index (Phi) is 2.96. The second-order valence-electron chi connectivity index (χ2n) is 3.29. The summed E-state index contributed by atoms with van der Waals surface area (Å²) in [6, 6.07) is 6.56. The molecule has 0 saturated carbocycles. The van der Waals surface area contributed by atoms with Crippen LogP contribution in [-0.4, -0.2) is 9.91 Å². The molecule has 0 amide bonds. The number of non-ortho nitro benzene ring substituents is 1. The molecule has 5 heteroatoms. The van der Waals surface area contributed by atoms with E-state index in [2.05, 4.69) is 11.9 Å². The number of nitrogens with zero attached hydrogens (tertiary/aromatic N) is 2. The summed E-state index contributed by atoms with van der Waals surface area (Å²) < 4.78 is 0. The highest BCUT2D eigenvalue weighted by molar-refractivity contribution is 7.15. The molecule has 82 valence electrons. The number of nitro benzene ring substituents is 1. The molecule has 0 atom stereocenters. The number of aromatic nitrogens is 1. The van der Waals surface area contributed by atoms with Crippen LogP contribution in [0.3, 0.4) is 0 Å². The molecule has 0 saturated heterocycles. The lowest BCUT2D eigenvalue weighted by molar-refractivity contribution is -0.384. The number of benzene rings is 1. The van der Waals surface area contributed by atoms with Crippen molar-refractivity contribution in [2.45, 2.75) is 13.3 Å². The predicted molar refractivity (Wildman–Crippen MR) is 63.6 cm³/mol. The minimum atomic E-state index is -0.391. The van der Waals surface area contributed by atoms with Gasteiger partial charge in [0.25, 0.3) is 5.69 Å². The van der Waals surface area contributed by atoms with Crippen molar-refractivity contribution in [1.29, 1.82) is 0 Å². The quantitative estimate of drug-likeness (QED) is 0.605. The third-order valence-electron chi connectivity index (χ3n) is 2.21. The maximum atomic E-state index is 10.6. The van der Waals surface area contributed by atoms with Crippen molar-refractivity contribution < 1.29 is 4.92 Å². The van der Waals surface area contributed by atoms with Crippen molar-refractivity contribution in [2.75, 3.05) is 0 Å². The van der Waals surface area contributed by atoms with Crippen molar-refractivity contribution in [3.05, 3.63) is 45.5 Å². The SMILES string of the molecule is CCc1cnc(-c2cccc([N+](=O)[O-])c2)s1. The van der Waals surface area contributed by atoms with Gasteiger partial charge in [0.2, 0.25) is 0 Å². The Morgan fingerprint density at radius 2 is 2.31 bits per heavy atom. The van der Waals surface area contributed by atoms with Gasteiger partial charge >= 0.3 is 0 Å². The Morgan fingerprint density at radius 3 is 2.94 bits per heavy atom. The Balaban J connectivity index is 2.40. The molecule has 2 aromatic rings. The van der Waals surface area contributed by atoms with Gasteiger partial charge in [-0.25, -0.2) is 4.98 Å². The first-order valence-corrected chi connectivity index (χ1v) is 5.72. The molecule has 0 radical (unpaired) electrons. The molecular formula is C11H10N2O2S. The Morgan fingerprint density at radius 1 is 1.50 bits per heavy atom. The lowest BCUT2D eigenvalue weighted by Gasteiger charge is -1.95. The van der Waals surface area contributed by atoms with E-state index in [9.17, 15) is 10.1 Å². The summed E-state index contributed by atoms with van der Waals surface area (Å²) in [5, 5.41) is 11.5. The summed E-state index contributed by atoms with van der Waals surface area (Å²) >= 11 is 1.57. The van der Waals surface area contributed by atoms with Crippen LogP contribution in [0.5, 0.6) is 0 Å². The molecule has 0 fully saturated rings. The van der Waals surface area contributed by atoms with E-state index in [1.165, 1.54) is 10.9 Å². The minimum absolute atomic E-state index is 0.103. The molecule has 1 heterocycles. The van der Waals surface area contributed by atoms with E-state index in [-0.39, 0.29) is 5.69 Å². The van der Waals surface area contributed by atoms with Crippen LogP contribution in [0.4, 0.5) is 5.69 Å². The minimum Gasteiger partial charge on any atom is -0.258 e. The average Bonchev–Trinajstić information content (AvgIpc) is 2.77. The molecule has 0 unspecified atom stereocenters. The van der Waals surface area contributed by atoms with Gasteiger partial charge in [0.15, 0.2) is 0 Å². The number of aryl methyl sites for hydroxylation is 1. The Labute approximate surface area is 96.7 Å². The molecule has 0 N–H and O–H groups in total. The molecule has 0 aliphatic carbocycles. The molecule has 16 heavy (non-hydrogen) atoms. The summed E-state index contributed by atoms with van der Waals surface area (Å²) in [6.07, 6.45) is 2.76. The highest BCUT2D eigenvalue weighted by Crippen LogP contribution is 2.27. The maximum Gasteiger partial charge on any atom is 0.270 e.